The first kappa shape index (κ1) is 14.4. The number of rotatable bonds is 4. The van der Waals surface area contributed by atoms with E-state index < -0.39 is 0 Å². The Hall–Kier alpha value is -2.21. The summed E-state index contributed by atoms with van der Waals surface area (Å²) in [6, 6.07) is 13.7. The van der Waals surface area contributed by atoms with Gasteiger partial charge in [0.05, 0.1) is 12.0 Å². The summed E-state index contributed by atoms with van der Waals surface area (Å²) in [6.45, 7) is 0.377. The normalized spacial score (nSPS) is 15.5. The van der Waals surface area contributed by atoms with Crippen molar-refractivity contribution in [1.82, 2.24) is 19.9 Å². The van der Waals surface area contributed by atoms with Crippen molar-refractivity contribution in [2.24, 2.45) is 0 Å². The van der Waals surface area contributed by atoms with E-state index in [0.29, 0.717) is 6.54 Å². The Balaban J connectivity index is 1.51. The molecule has 1 fully saturated rings. The number of pyridine rings is 1. The van der Waals surface area contributed by atoms with Crippen LogP contribution < -0.4 is 5.32 Å². The molecule has 1 N–H and O–H groups in total. The van der Waals surface area contributed by atoms with Gasteiger partial charge in [0, 0.05) is 10.7 Å². The molecule has 1 aliphatic rings. The molecule has 1 aliphatic carbocycles. The van der Waals surface area contributed by atoms with Crippen LogP contribution in [-0.2, 0) is 16.8 Å². The van der Waals surface area contributed by atoms with Gasteiger partial charge in [-0.05, 0) is 42.7 Å². The maximum absolute atomic E-state index is 12.7. The van der Waals surface area contributed by atoms with Crippen molar-refractivity contribution in [2.75, 3.05) is 0 Å². The van der Waals surface area contributed by atoms with Gasteiger partial charge in [0.25, 0.3) is 0 Å². The highest BCUT2D eigenvalue weighted by molar-refractivity contribution is 9.10. The summed E-state index contributed by atoms with van der Waals surface area (Å²) < 4.78 is 2.91. The van der Waals surface area contributed by atoms with E-state index in [2.05, 4.69) is 31.4 Å². The maximum Gasteiger partial charge on any atom is 0.231 e. The fourth-order valence-electron chi connectivity index (χ4n) is 2.88. The number of hydrogen-bond acceptors (Lipinski definition) is 3. The van der Waals surface area contributed by atoms with Crippen molar-refractivity contribution in [3.8, 4) is 0 Å². The van der Waals surface area contributed by atoms with Crippen LogP contribution in [0.25, 0.3) is 5.65 Å². The van der Waals surface area contributed by atoms with E-state index in [0.717, 1.165) is 34.3 Å². The number of aromatic nitrogens is 3. The van der Waals surface area contributed by atoms with E-state index in [4.69, 9.17) is 0 Å². The van der Waals surface area contributed by atoms with Crippen LogP contribution in [0.1, 0.15) is 24.2 Å². The van der Waals surface area contributed by atoms with Crippen molar-refractivity contribution in [1.29, 1.82) is 0 Å². The molecule has 23 heavy (non-hydrogen) atoms. The van der Waals surface area contributed by atoms with Crippen molar-refractivity contribution in [3.05, 3.63) is 64.5 Å². The van der Waals surface area contributed by atoms with Crippen LogP contribution >= 0.6 is 15.9 Å². The standard InChI is InChI=1S/C17H15BrN4O/c18-13-6-4-12(5-7-13)17(8-9-17)16(23)19-11-15-21-20-14-3-1-2-10-22(14)15/h1-7,10H,8-9,11H2,(H,19,23). The molecule has 0 unspecified atom stereocenters. The third-order valence-corrected chi connectivity index (χ3v) is 4.90. The number of benzene rings is 1. The quantitative estimate of drug-likeness (QED) is 0.767. The third-order valence-electron chi connectivity index (χ3n) is 4.37. The fraction of sp³-hybridized carbons (Fsp3) is 0.235. The Morgan fingerprint density at radius 2 is 1.96 bits per heavy atom. The molecule has 5 nitrogen and oxygen atoms in total. The fourth-order valence-corrected chi connectivity index (χ4v) is 3.15. The number of amides is 1. The molecule has 0 saturated heterocycles. The van der Waals surface area contributed by atoms with Gasteiger partial charge in [-0.15, -0.1) is 10.2 Å². The zero-order valence-corrected chi connectivity index (χ0v) is 14.0. The van der Waals surface area contributed by atoms with Crippen LogP contribution in [0.4, 0.5) is 0 Å². The molecular formula is C17H15BrN4O. The lowest BCUT2D eigenvalue weighted by Crippen LogP contribution is -2.34. The molecule has 116 valence electrons. The molecule has 1 saturated carbocycles. The summed E-state index contributed by atoms with van der Waals surface area (Å²) in [5.41, 5.74) is 1.48. The monoisotopic (exact) mass is 370 g/mol. The summed E-state index contributed by atoms with van der Waals surface area (Å²) in [7, 11) is 0. The first-order valence-corrected chi connectivity index (χ1v) is 8.31. The van der Waals surface area contributed by atoms with Crippen LogP contribution in [0.15, 0.2) is 53.1 Å². The number of fused-ring (bicyclic) bond motifs is 1. The lowest BCUT2D eigenvalue weighted by Gasteiger charge is -2.15. The largest absolute Gasteiger partial charge is 0.348 e. The second-order valence-corrected chi connectivity index (χ2v) is 6.73. The summed E-state index contributed by atoms with van der Waals surface area (Å²) in [5.74, 6) is 0.799. The van der Waals surface area contributed by atoms with E-state index >= 15 is 0 Å². The molecule has 4 rings (SSSR count). The second kappa shape index (κ2) is 5.45. The van der Waals surface area contributed by atoms with Crippen molar-refractivity contribution in [2.45, 2.75) is 24.8 Å². The SMILES string of the molecule is O=C(NCc1nnc2ccccn12)C1(c2ccc(Br)cc2)CC1. The minimum absolute atomic E-state index is 0.0625. The van der Waals surface area contributed by atoms with Gasteiger partial charge in [-0.2, -0.15) is 0 Å². The molecule has 0 bridgehead atoms. The van der Waals surface area contributed by atoms with E-state index in [-0.39, 0.29) is 11.3 Å². The van der Waals surface area contributed by atoms with E-state index in [1.165, 1.54) is 0 Å². The van der Waals surface area contributed by atoms with Gasteiger partial charge in [0.2, 0.25) is 5.91 Å². The Morgan fingerprint density at radius 1 is 1.17 bits per heavy atom. The summed E-state index contributed by atoms with van der Waals surface area (Å²) >= 11 is 3.43. The average Bonchev–Trinajstić information content (AvgIpc) is 3.29. The molecule has 2 heterocycles. The lowest BCUT2D eigenvalue weighted by molar-refractivity contribution is -0.123. The second-order valence-electron chi connectivity index (χ2n) is 5.82. The van der Waals surface area contributed by atoms with Gasteiger partial charge in [0.1, 0.15) is 0 Å². The number of carbonyl (C=O) groups excluding carboxylic acids is 1. The summed E-state index contributed by atoms with van der Waals surface area (Å²) in [4.78, 5) is 12.7. The lowest BCUT2D eigenvalue weighted by atomic mass is 9.95. The molecule has 3 aromatic rings. The maximum atomic E-state index is 12.7. The van der Waals surface area contributed by atoms with Crippen LogP contribution in [0.3, 0.4) is 0 Å². The Labute approximate surface area is 141 Å². The van der Waals surface area contributed by atoms with Gasteiger partial charge < -0.3 is 5.32 Å². The molecular weight excluding hydrogens is 356 g/mol. The molecule has 2 aromatic heterocycles. The van der Waals surface area contributed by atoms with Gasteiger partial charge in [0.15, 0.2) is 11.5 Å². The molecule has 0 atom stereocenters. The highest BCUT2D eigenvalue weighted by Crippen LogP contribution is 2.48. The van der Waals surface area contributed by atoms with Gasteiger partial charge in [-0.25, -0.2) is 0 Å². The van der Waals surface area contributed by atoms with Crippen molar-refractivity contribution < 1.29 is 4.79 Å². The molecule has 1 aromatic carbocycles. The molecule has 6 heteroatoms. The van der Waals surface area contributed by atoms with Gasteiger partial charge >= 0.3 is 0 Å². The zero-order chi connectivity index (χ0) is 15.9. The highest BCUT2D eigenvalue weighted by Gasteiger charge is 2.51. The highest BCUT2D eigenvalue weighted by atomic mass is 79.9. The third kappa shape index (κ3) is 2.53. The van der Waals surface area contributed by atoms with Crippen LogP contribution in [0.5, 0.6) is 0 Å². The first-order chi connectivity index (χ1) is 11.2. The van der Waals surface area contributed by atoms with E-state index in [1.54, 1.807) is 0 Å². The smallest absolute Gasteiger partial charge is 0.231 e. The Morgan fingerprint density at radius 3 is 2.70 bits per heavy atom. The predicted molar refractivity (Wildman–Crippen MR) is 89.9 cm³/mol. The molecule has 1 amide bonds. The zero-order valence-electron chi connectivity index (χ0n) is 12.4. The van der Waals surface area contributed by atoms with Crippen LogP contribution in [0, 0.1) is 0 Å². The molecule has 0 aliphatic heterocycles. The minimum atomic E-state index is -0.374. The van der Waals surface area contributed by atoms with Crippen molar-refractivity contribution >= 4 is 27.5 Å². The number of halogens is 1. The number of hydrogen-bond donors (Lipinski definition) is 1. The Bertz CT molecular complexity index is 868. The Kier molecular flexibility index (Phi) is 3.41. The number of nitrogens with zero attached hydrogens (tertiary/aromatic N) is 3. The van der Waals surface area contributed by atoms with Gasteiger partial charge in [-0.1, -0.05) is 34.1 Å². The number of carbonyl (C=O) groups is 1. The van der Waals surface area contributed by atoms with Crippen LogP contribution in [0.2, 0.25) is 0 Å². The number of nitrogens with one attached hydrogen (secondary N) is 1. The van der Waals surface area contributed by atoms with Crippen molar-refractivity contribution in [3.63, 3.8) is 0 Å². The van der Waals surface area contributed by atoms with E-state index in [9.17, 15) is 4.79 Å². The summed E-state index contributed by atoms with van der Waals surface area (Å²) in [6.07, 6.45) is 3.68. The average molecular weight is 371 g/mol. The van der Waals surface area contributed by atoms with Gasteiger partial charge in [-0.3, -0.25) is 9.20 Å². The molecule has 0 spiro atoms. The van der Waals surface area contributed by atoms with E-state index in [1.807, 2.05) is 53.1 Å². The predicted octanol–water partition coefficient (Wildman–Crippen LogP) is 2.84. The van der Waals surface area contributed by atoms with Crippen LogP contribution in [-0.4, -0.2) is 20.5 Å². The molecule has 0 radical (unpaired) electrons. The summed E-state index contributed by atoms with van der Waals surface area (Å²) in [5, 5.41) is 11.3. The first-order valence-electron chi connectivity index (χ1n) is 7.52. The minimum Gasteiger partial charge on any atom is -0.348 e. The topological polar surface area (TPSA) is 59.3 Å².